The van der Waals surface area contributed by atoms with Crippen LogP contribution in [0.15, 0.2) is 60.7 Å². The van der Waals surface area contributed by atoms with E-state index in [4.69, 9.17) is 4.74 Å². The highest BCUT2D eigenvalue weighted by molar-refractivity contribution is 5.90. The monoisotopic (exact) mass is 389 g/mol. The van der Waals surface area contributed by atoms with Crippen LogP contribution in [0.2, 0.25) is 0 Å². The summed E-state index contributed by atoms with van der Waals surface area (Å²) in [5, 5.41) is 1.31. The molecule has 2 aromatic carbocycles. The average Bonchev–Trinajstić information content (AvgIpc) is 3.05. The average molecular weight is 390 g/mol. The predicted molar refractivity (Wildman–Crippen MR) is 125 cm³/mol. The van der Waals surface area contributed by atoms with Gasteiger partial charge in [-0.15, -0.1) is 0 Å². The van der Waals surface area contributed by atoms with E-state index in [0.29, 0.717) is 6.61 Å². The van der Waals surface area contributed by atoms with Gasteiger partial charge in [0.15, 0.2) is 0 Å². The van der Waals surface area contributed by atoms with Gasteiger partial charge in [0.1, 0.15) is 0 Å². The molecule has 0 atom stereocenters. The molecule has 0 aliphatic heterocycles. The molecule has 0 unspecified atom stereocenters. The van der Waals surface area contributed by atoms with Crippen molar-refractivity contribution < 1.29 is 4.74 Å². The maximum Gasteiger partial charge on any atom is 0.0740 e. The summed E-state index contributed by atoms with van der Waals surface area (Å²) in [6.45, 7) is 5.98. The lowest BCUT2D eigenvalue weighted by Crippen LogP contribution is -2.06. The number of ether oxygens (including phenoxy) is 1. The maximum atomic E-state index is 5.65. The molecule has 2 nitrogen and oxygen atoms in total. The summed E-state index contributed by atoms with van der Waals surface area (Å²) < 4.78 is 8.15. The minimum atomic E-state index is 0.644. The van der Waals surface area contributed by atoms with Crippen LogP contribution in [0.25, 0.3) is 16.5 Å². The standard InChI is InChI=1S/C27H35NO/c1-4-6-7-8-12-17-23(5-2)27-25(21-29-3)24-18-13-14-19-26(24)28(27)20-22-15-10-9-11-16-22/h5,9-11,13-16,18-19H,4,6-8,12,17,20-21H2,1-3H3/b23-5+. The maximum absolute atomic E-state index is 5.65. The van der Waals surface area contributed by atoms with Gasteiger partial charge in [0.2, 0.25) is 0 Å². The Kier molecular flexibility index (Phi) is 8.13. The fraction of sp³-hybridized carbons (Fsp3) is 0.407. The molecular formula is C27H35NO. The van der Waals surface area contributed by atoms with Gasteiger partial charge in [-0.2, -0.15) is 0 Å². The molecule has 154 valence electrons. The number of allylic oxidation sites excluding steroid dienone is 2. The molecular weight excluding hydrogens is 354 g/mol. The van der Waals surface area contributed by atoms with Gasteiger partial charge in [0.05, 0.1) is 12.3 Å². The third-order valence-corrected chi connectivity index (χ3v) is 5.75. The molecule has 0 N–H and O–H groups in total. The van der Waals surface area contributed by atoms with E-state index in [1.807, 2.05) is 0 Å². The first-order chi connectivity index (χ1) is 14.3. The van der Waals surface area contributed by atoms with Gasteiger partial charge in [-0.1, -0.05) is 87.2 Å². The van der Waals surface area contributed by atoms with Crippen molar-refractivity contribution in [2.45, 2.75) is 65.5 Å². The van der Waals surface area contributed by atoms with Crippen LogP contribution >= 0.6 is 0 Å². The SMILES string of the molecule is C/C=C(\CCCCCCC)c1c(COC)c2ccccc2n1Cc1ccccc1. The second kappa shape index (κ2) is 11.0. The molecule has 0 saturated carbocycles. The number of aromatic nitrogens is 1. The summed E-state index contributed by atoms with van der Waals surface area (Å²) in [5.41, 5.74) is 6.75. The molecule has 0 amide bonds. The number of fused-ring (bicyclic) bond motifs is 1. The Morgan fingerprint density at radius 2 is 1.66 bits per heavy atom. The zero-order valence-corrected chi connectivity index (χ0v) is 18.3. The molecule has 29 heavy (non-hydrogen) atoms. The highest BCUT2D eigenvalue weighted by atomic mass is 16.5. The van der Waals surface area contributed by atoms with Crippen molar-refractivity contribution in [3.05, 3.63) is 77.5 Å². The van der Waals surface area contributed by atoms with Crippen LogP contribution in [-0.4, -0.2) is 11.7 Å². The fourth-order valence-corrected chi connectivity index (χ4v) is 4.28. The van der Waals surface area contributed by atoms with E-state index in [9.17, 15) is 0 Å². The van der Waals surface area contributed by atoms with E-state index >= 15 is 0 Å². The van der Waals surface area contributed by atoms with E-state index < -0.39 is 0 Å². The minimum Gasteiger partial charge on any atom is -0.380 e. The third-order valence-electron chi connectivity index (χ3n) is 5.75. The molecule has 3 rings (SSSR count). The molecule has 3 aromatic rings. The predicted octanol–water partition coefficient (Wildman–Crippen LogP) is 7.60. The summed E-state index contributed by atoms with van der Waals surface area (Å²) in [6, 6.07) is 19.5. The summed E-state index contributed by atoms with van der Waals surface area (Å²) in [5.74, 6) is 0. The summed E-state index contributed by atoms with van der Waals surface area (Å²) in [4.78, 5) is 0. The molecule has 0 spiro atoms. The van der Waals surface area contributed by atoms with Crippen LogP contribution in [0.1, 0.15) is 69.2 Å². The van der Waals surface area contributed by atoms with Crippen LogP contribution in [0.4, 0.5) is 0 Å². The Hall–Kier alpha value is -2.32. The molecule has 1 heterocycles. The molecule has 0 saturated heterocycles. The number of nitrogens with zero attached hydrogens (tertiary/aromatic N) is 1. The van der Waals surface area contributed by atoms with Crippen LogP contribution in [0.3, 0.4) is 0 Å². The smallest absolute Gasteiger partial charge is 0.0740 e. The number of hydrogen-bond acceptors (Lipinski definition) is 1. The first-order valence-corrected chi connectivity index (χ1v) is 11.1. The van der Waals surface area contributed by atoms with Crippen molar-refractivity contribution in [1.29, 1.82) is 0 Å². The van der Waals surface area contributed by atoms with E-state index in [2.05, 4.69) is 79.1 Å². The van der Waals surface area contributed by atoms with Crippen molar-refractivity contribution in [3.8, 4) is 0 Å². The van der Waals surface area contributed by atoms with Crippen molar-refractivity contribution in [2.24, 2.45) is 0 Å². The number of hydrogen-bond donors (Lipinski definition) is 0. The summed E-state index contributed by atoms with van der Waals surface area (Å²) in [6.07, 6.45) is 9.97. The Bertz CT molecular complexity index is 920. The van der Waals surface area contributed by atoms with E-state index in [1.165, 1.54) is 65.4 Å². The molecule has 0 fully saturated rings. The minimum absolute atomic E-state index is 0.644. The van der Waals surface area contributed by atoms with Gasteiger partial charge in [-0.3, -0.25) is 0 Å². The zero-order chi connectivity index (χ0) is 20.5. The van der Waals surface area contributed by atoms with Gasteiger partial charge in [0, 0.05) is 30.1 Å². The van der Waals surface area contributed by atoms with Crippen LogP contribution in [0, 0.1) is 0 Å². The van der Waals surface area contributed by atoms with Gasteiger partial charge in [-0.05, 0) is 37.0 Å². The van der Waals surface area contributed by atoms with Gasteiger partial charge in [0.25, 0.3) is 0 Å². The normalized spacial score (nSPS) is 12.0. The van der Waals surface area contributed by atoms with E-state index in [0.717, 1.165) is 13.0 Å². The van der Waals surface area contributed by atoms with Crippen molar-refractivity contribution in [2.75, 3.05) is 7.11 Å². The summed E-state index contributed by atoms with van der Waals surface area (Å²) >= 11 is 0. The van der Waals surface area contributed by atoms with Crippen LogP contribution < -0.4 is 0 Å². The molecule has 1 aromatic heterocycles. The van der Waals surface area contributed by atoms with Crippen molar-refractivity contribution >= 4 is 16.5 Å². The van der Waals surface area contributed by atoms with Crippen molar-refractivity contribution in [1.82, 2.24) is 4.57 Å². The zero-order valence-electron chi connectivity index (χ0n) is 18.3. The first-order valence-electron chi connectivity index (χ1n) is 11.1. The molecule has 0 radical (unpaired) electrons. The van der Waals surface area contributed by atoms with Gasteiger partial charge >= 0.3 is 0 Å². The highest BCUT2D eigenvalue weighted by Gasteiger charge is 2.19. The first kappa shape index (κ1) is 21.4. The highest BCUT2D eigenvalue weighted by Crippen LogP contribution is 2.34. The lowest BCUT2D eigenvalue weighted by Gasteiger charge is -2.16. The van der Waals surface area contributed by atoms with Gasteiger partial charge in [-0.25, -0.2) is 0 Å². The Morgan fingerprint density at radius 1 is 0.931 bits per heavy atom. The molecule has 2 heteroatoms. The van der Waals surface area contributed by atoms with Crippen LogP contribution in [-0.2, 0) is 17.9 Å². The second-order valence-corrected chi connectivity index (χ2v) is 7.83. The Morgan fingerprint density at radius 3 is 2.38 bits per heavy atom. The molecule has 0 bridgehead atoms. The fourth-order valence-electron chi connectivity index (χ4n) is 4.28. The van der Waals surface area contributed by atoms with E-state index in [-0.39, 0.29) is 0 Å². The lowest BCUT2D eigenvalue weighted by atomic mass is 9.99. The van der Waals surface area contributed by atoms with E-state index in [1.54, 1.807) is 7.11 Å². The number of unbranched alkanes of at least 4 members (excludes halogenated alkanes) is 4. The molecule has 0 aliphatic carbocycles. The Balaban J connectivity index is 2.02. The number of rotatable bonds is 11. The number of methoxy groups -OCH3 is 1. The van der Waals surface area contributed by atoms with Crippen molar-refractivity contribution in [3.63, 3.8) is 0 Å². The Labute approximate surface area is 176 Å². The second-order valence-electron chi connectivity index (χ2n) is 7.83. The van der Waals surface area contributed by atoms with Crippen LogP contribution in [0.5, 0.6) is 0 Å². The summed E-state index contributed by atoms with van der Waals surface area (Å²) in [7, 11) is 1.80. The quantitative estimate of drug-likeness (QED) is 0.308. The molecule has 0 aliphatic rings. The van der Waals surface area contributed by atoms with Gasteiger partial charge < -0.3 is 9.30 Å². The number of benzene rings is 2. The largest absolute Gasteiger partial charge is 0.380 e. The topological polar surface area (TPSA) is 14.2 Å². The lowest BCUT2D eigenvalue weighted by molar-refractivity contribution is 0.185. The number of para-hydroxylation sites is 1. The third kappa shape index (κ3) is 5.19.